The SMILES string of the molecule is CCCN(CCO)c1ccc(S(=O)(=O)NC)cc1. The number of nitrogens with one attached hydrogen (secondary N) is 1. The molecule has 0 fully saturated rings. The summed E-state index contributed by atoms with van der Waals surface area (Å²) in [5, 5.41) is 9.00. The van der Waals surface area contributed by atoms with Crippen molar-refractivity contribution in [3.8, 4) is 0 Å². The molecule has 0 aliphatic rings. The van der Waals surface area contributed by atoms with Crippen molar-refractivity contribution in [2.24, 2.45) is 0 Å². The summed E-state index contributed by atoms with van der Waals surface area (Å²) in [4.78, 5) is 2.27. The van der Waals surface area contributed by atoms with E-state index in [0.29, 0.717) is 6.54 Å². The molecule has 0 radical (unpaired) electrons. The maximum absolute atomic E-state index is 11.6. The number of benzene rings is 1. The standard InChI is InChI=1S/C12H20N2O3S/c1-3-8-14(9-10-15)11-4-6-12(7-5-11)18(16,17)13-2/h4-7,13,15H,3,8-10H2,1-2H3. The first-order chi connectivity index (χ1) is 8.55. The van der Waals surface area contributed by atoms with Crippen LogP contribution in [-0.2, 0) is 10.0 Å². The fraction of sp³-hybridized carbons (Fsp3) is 0.500. The molecule has 0 bridgehead atoms. The molecular weight excluding hydrogens is 252 g/mol. The fourth-order valence-corrected chi connectivity index (χ4v) is 2.44. The average molecular weight is 272 g/mol. The zero-order chi connectivity index (χ0) is 13.6. The highest BCUT2D eigenvalue weighted by Crippen LogP contribution is 2.17. The summed E-state index contributed by atoms with van der Waals surface area (Å²) >= 11 is 0. The van der Waals surface area contributed by atoms with Gasteiger partial charge in [-0.2, -0.15) is 0 Å². The highest BCUT2D eigenvalue weighted by Gasteiger charge is 2.12. The second-order valence-corrected chi connectivity index (χ2v) is 5.80. The van der Waals surface area contributed by atoms with Gasteiger partial charge in [-0.1, -0.05) is 6.92 Å². The number of aliphatic hydroxyl groups excluding tert-OH is 1. The van der Waals surface area contributed by atoms with Crippen LogP contribution in [-0.4, -0.2) is 40.3 Å². The second-order valence-electron chi connectivity index (χ2n) is 3.91. The van der Waals surface area contributed by atoms with Crippen molar-refractivity contribution in [1.29, 1.82) is 0 Å². The van der Waals surface area contributed by atoms with Gasteiger partial charge in [-0.15, -0.1) is 0 Å². The van der Waals surface area contributed by atoms with E-state index >= 15 is 0 Å². The smallest absolute Gasteiger partial charge is 0.240 e. The van der Waals surface area contributed by atoms with Crippen LogP contribution in [0.15, 0.2) is 29.2 Å². The Kier molecular flexibility index (Phi) is 5.58. The molecule has 18 heavy (non-hydrogen) atoms. The number of sulfonamides is 1. The molecule has 1 rings (SSSR count). The van der Waals surface area contributed by atoms with Gasteiger partial charge in [0, 0.05) is 18.8 Å². The van der Waals surface area contributed by atoms with E-state index in [9.17, 15) is 8.42 Å². The van der Waals surface area contributed by atoms with Crippen molar-refractivity contribution in [2.45, 2.75) is 18.2 Å². The van der Waals surface area contributed by atoms with Crippen molar-refractivity contribution < 1.29 is 13.5 Å². The Morgan fingerprint density at radius 2 is 1.83 bits per heavy atom. The van der Waals surface area contributed by atoms with Gasteiger partial charge in [-0.3, -0.25) is 0 Å². The second kappa shape index (κ2) is 6.72. The largest absolute Gasteiger partial charge is 0.395 e. The number of aliphatic hydroxyl groups is 1. The molecule has 0 aromatic heterocycles. The highest BCUT2D eigenvalue weighted by atomic mass is 32.2. The summed E-state index contributed by atoms with van der Waals surface area (Å²) in [5.41, 5.74) is 0.918. The maximum atomic E-state index is 11.6. The quantitative estimate of drug-likeness (QED) is 0.770. The van der Waals surface area contributed by atoms with Crippen LogP contribution in [0.25, 0.3) is 0 Å². The Bertz CT molecular complexity index is 451. The topological polar surface area (TPSA) is 69.6 Å². The van der Waals surface area contributed by atoms with Gasteiger partial charge < -0.3 is 10.0 Å². The van der Waals surface area contributed by atoms with Gasteiger partial charge in [0.15, 0.2) is 0 Å². The molecule has 0 heterocycles. The van der Waals surface area contributed by atoms with Crippen LogP contribution < -0.4 is 9.62 Å². The molecular formula is C12H20N2O3S. The number of hydrogen-bond acceptors (Lipinski definition) is 4. The third-order valence-corrected chi connectivity index (χ3v) is 4.07. The van der Waals surface area contributed by atoms with Gasteiger partial charge >= 0.3 is 0 Å². The molecule has 102 valence electrons. The average Bonchev–Trinajstić information content (AvgIpc) is 2.39. The lowest BCUT2D eigenvalue weighted by atomic mass is 10.2. The third-order valence-electron chi connectivity index (χ3n) is 2.64. The summed E-state index contributed by atoms with van der Waals surface area (Å²) in [6.45, 7) is 3.52. The highest BCUT2D eigenvalue weighted by molar-refractivity contribution is 7.89. The van der Waals surface area contributed by atoms with Crippen molar-refractivity contribution in [1.82, 2.24) is 4.72 Å². The summed E-state index contributed by atoms with van der Waals surface area (Å²) in [7, 11) is -2.00. The Morgan fingerprint density at radius 3 is 2.28 bits per heavy atom. The number of anilines is 1. The van der Waals surface area contributed by atoms with Crippen LogP contribution in [0.5, 0.6) is 0 Å². The molecule has 5 nitrogen and oxygen atoms in total. The predicted octanol–water partition coefficient (Wildman–Crippen LogP) is 0.803. The van der Waals surface area contributed by atoms with Crippen LogP contribution in [0.2, 0.25) is 0 Å². The van der Waals surface area contributed by atoms with Crippen molar-refractivity contribution in [3.63, 3.8) is 0 Å². The van der Waals surface area contributed by atoms with Gasteiger partial charge in [-0.05, 0) is 37.7 Å². The molecule has 1 aromatic carbocycles. The van der Waals surface area contributed by atoms with Crippen molar-refractivity contribution in [2.75, 3.05) is 31.6 Å². The van der Waals surface area contributed by atoms with E-state index in [1.165, 1.54) is 7.05 Å². The van der Waals surface area contributed by atoms with E-state index in [-0.39, 0.29) is 11.5 Å². The van der Waals surface area contributed by atoms with E-state index in [4.69, 9.17) is 5.11 Å². The molecule has 6 heteroatoms. The Balaban J connectivity index is 2.93. The van der Waals surface area contributed by atoms with Gasteiger partial charge in [0.1, 0.15) is 0 Å². The third kappa shape index (κ3) is 3.69. The molecule has 0 aliphatic carbocycles. The first-order valence-corrected chi connectivity index (χ1v) is 7.43. The summed E-state index contributed by atoms with van der Waals surface area (Å²) < 4.78 is 25.4. The van der Waals surface area contributed by atoms with Gasteiger partial charge in [0.25, 0.3) is 0 Å². The number of nitrogens with zero attached hydrogens (tertiary/aromatic N) is 1. The monoisotopic (exact) mass is 272 g/mol. The van der Waals surface area contributed by atoms with Crippen molar-refractivity contribution >= 4 is 15.7 Å². The molecule has 0 saturated carbocycles. The fourth-order valence-electron chi connectivity index (χ4n) is 1.71. The number of hydrogen-bond donors (Lipinski definition) is 2. The van der Waals surface area contributed by atoms with Crippen LogP contribution in [0.3, 0.4) is 0 Å². The van der Waals surface area contributed by atoms with Gasteiger partial charge in [-0.25, -0.2) is 13.1 Å². The Hall–Kier alpha value is -1.11. The molecule has 2 N–H and O–H groups in total. The van der Waals surface area contributed by atoms with Crippen LogP contribution in [0.4, 0.5) is 5.69 Å². The minimum atomic E-state index is -3.38. The predicted molar refractivity (Wildman–Crippen MR) is 72.3 cm³/mol. The minimum Gasteiger partial charge on any atom is -0.395 e. The van der Waals surface area contributed by atoms with Crippen molar-refractivity contribution in [3.05, 3.63) is 24.3 Å². The lowest BCUT2D eigenvalue weighted by molar-refractivity contribution is 0.302. The van der Waals surface area contributed by atoms with E-state index in [1.54, 1.807) is 24.3 Å². The lowest BCUT2D eigenvalue weighted by Crippen LogP contribution is -2.27. The minimum absolute atomic E-state index is 0.0799. The van der Waals surface area contributed by atoms with Gasteiger partial charge in [0.05, 0.1) is 11.5 Å². The Labute approximate surface area is 108 Å². The summed E-state index contributed by atoms with van der Waals surface area (Å²) in [6.07, 6.45) is 0.969. The van der Waals surface area contributed by atoms with Crippen LogP contribution in [0, 0.1) is 0 Å². The molecule has 0 atom stereocenters. The van der Waals surface area contributed by atoms with Gasteiger partial charge in [0.2, 0.25) is 10.0 Å². The maximum Gasteiger partial charge on any atom is 0.240 e. The molecule has 0 aliphatic heterocycles. The first-order valence-electron chi connectivity index (χ1n) is 5.94. The molecule has 0 spiro atoms. The number of rotatable bonds is 7. The Morgan fingerprint density at radius 1 is 1.22 bits per heavy atom. The summed E-state index contributed by atoms with van der Waals surface area (Å²) in [5.74, 6) is 0. The first kappa shape index (κ1) is 14.9. The summed E-state index contributed by atoms with van der Waals surface area (Å²) in [6, 6.07) is 6.66. The van der Waals surface area contributed by atoms with E-state index in [1.807, 2.05) is 4.90 Å². The zero-order valence-corrected chi connectivity index (χ0v) is 11.6. The van der Waals surface area contributed by atoms with Crippen LogP contribution in [0.1, 0.15) is 13.3 Å². The molecule has 0 amide bonds. The lowest BCUT2D eigenvalue weighted by Gasteiger charge is -2.23. The normalized spacial score (nSPS) is 11.5. The van der Waals surface area contributed by atoms with E-state index < -0.39 is 10.0 Å². The van der Waals surface area contributed by atoms with E-state index in [0.717, 1.165) is 18.7 Å². The molecule has 1 aromatic rings. The van der Waals surface area contributed by atoms with E-state index in [2.05, 4.69) is 11.6 Å². The molecule has 0 saturated heterocycles. The molecule has 0 unspecified atom stereocenters. The zero-order valence-electron chi connectivity index (χ0n) is 10.8. The van der Waals surface area contributed by atoms with Crippen LogP contribution >= 0.6 is 0 Å².